The van der Waals surface area contributed by atoms with Crippen LogP contribution >= 0.6 is 12.4 Å². The van der Waals surface area contributed by atoms with Crippen LogP contribution in [0.25, 0.3) is 0 Å². The van der Waals surface area contributed by atoms with E-state index in [2.05, 4.69) is 17.1 Å². The van der Waals surface area contributed by atoms with E-state index >= 15 is 0 Å². The Morgan fingerprint density at radius 1 is 1.35 bits per heavy atom. The van der Waals surface area contributed by atoms with Crippen LogP contribution in [0.2, 0.25) is 0 Å². The number of piperazine rings is 1. The van der Waals surface area contributed by atoms with Crippen LogP contribution in [0.1, 0.15) is 18.1 Å². The lowest BCUT2D eigenvalue weighted by Crippen LogP contribution is -2.55. The quantitative estimate of drug-likeness (QED) is 0.766. The van der Waals surface area contributed by atoms with Crippen molar-refractivity contribution < 1.29 is 4.39 Å². The van der Waals surface area contributed by atoms with Crippen LogP contribution in [-0.2, 0) is 6.42 Å². The second-order valence-corrected chi connectivity index (χ2v) is 4.95. The van der Waals surface area contributed by atoms with E-state index in [4.69, 9.17) is 0 Å². The van der Waals surface area contributed by atoms with Crippen LogP contribution < -0.4 is 10.2 Å². The number of anilines is 1. The lowest BCUT2D eigenvalue weighted by Gasteiger charge is -2.39. The summed E-state index contributed by atoms with van der Waals surface area (Å²) in [4.78, 5) is 2.41. The smallest absolute Gasteiger partial charge is 0.128 e. The summed E-state index contributed by atoms with van der Waals surface area (Å²) in [6.45, 7) is 6.11. The Hall–Kier alpha value is -0.800. The normalized spacial score (nSPS) is 26.2. The zero-order chi connectivity index (χ0) is 11.3. The van der Waals surface area contributed by atoms with Crippen molar-refractivity contribution in [3.8, 4) is 0 Å². The van der Waals surface area contributed by atoms with Crippen molar-refractivity contribution in [2.45, 2.75) is 32.4 Å². The molecule has 2 aliphatic heterocycles. The number of nitrogens with zero attached hydrogens (tertiary/aromatic N) is 1. The molecule has 0 amide bonds. The second kappa shape index (κ2) is 4.46. The third-order valence-electron chi connectivity index (χ3n) is 3.85. The molecular weight excluding hydrogens is 239 g/mol. The standard InChI is InChI=1S/C13H17FN2.ClH/c1-8-6-15-7-11-5-10-3-4-12(14)9(2)13(10)16(8)11;/h3-4,8,11,15H,5-7H2,1-2H3;1H/t8?,11-;/m1./s1. The molecule has 0 bridgehead atoms. The molecular formula is C13H18ClFN2. The topological polar surface area (TPSA) is 15.3 Å². The molecule has 1 saturated heterocycles. The molecule has 0 aliphatic carbocycles. The van der Waals surface area contributed by atoms with Crippen LogP contribution in [0.3, 0.4) is 0 Å². The fourth-order valence-electron chi connectivity index (χ4n) is 3.10. The van der Waals surface area contributed by atoms with Gasteiger partial charge in [0.05, 0.1) is 0 Å². The molecule has 4 heteroatoms. The van der Waals surface area contributed by atoms with Crippen LogP contribution in [-0.4, -0.2) is 25.2 Å². The minimum absolute atomic E-state index is 0. The molecule has 1 N–H and O–H groups in total. The summed E-state index contributed by atoms with van der Waals surface area (Å²) in [5.74, 6) is -0.0786. The van der Waals surface area contributed by atoms with E-state index in [1.165, 1.54) is 5.56 Å². The molecule has 0 radical (unpaired) electrons. The third-order valence-corrected chi connectivity index (χ3v) is 3.85. The number of nitrogens with one attached hydrogen (secondary N) is 1. The molecule has 3 rings (SSSR count). The number of hydrogen-bond acceptors (Lipinski definition) is 2. The average molecular weight is 257 g/mol. The molecule has 0 spiro atoms. The fraction of sp³-hybridized carbons (Fsp3) is 0.538. The monoisotopic (exact) mass is 256 g/mol. The van der Waals surface area contributed by atoms with E-state index in [0.29, 0.717) is 12.1 Å². The minimum Gasteiger partial charge on any atom is -0.362 e. The number of fused-ring (bicyclic) bond motifs is 3. The van der Waals surface area contributed by atoms with Gasteiger partial charge in [-0.2, -0.15) is 0 Å². The number of benzene rings is 1. The van der Waals surface area contributed by atoms with Crippen LogP contribution in [0.5, 0.6) is 0 Å². The summed E-state index contributed by atoms with van der Waals surface area (Å²) in [6, 6.07) is 4.52. The van der Waals surface area contributed by atoms with Crippen LogP contribution in [0, 0.1) is 12.7 Å². The molecule has 2 aliphatic rings. The van der Waals surface area contributed by atoms with Gasteiger partial charge in [0.2, 0.25) is 0 Å². The van der Waals surface area contributed by atoms with Crippen LogP contribution in [0.15, 0.2) is 12.1 Å². The lowest BCUT2D eigenvalue weighted by molar-refractivity contribution is 0.429. The van der Waals surface area contributed by atoms with E-state index in [0.717, 1.165) is 30.8 Å². The van der Waals surface area contributed by atoms with Crippen molar-refractivity contribution in [3.05, 3.63) is 29.1 Å². The highest BCUT2D eigenvalue weighted by Gasteiger charge is 2.36. The SMILES string of the molecule is Cc1c(F)ccc2c1N1C(C)CNC[C@H]1C2.Cl. The maximum atomic E-state index is 13.6. The number of halogens is 2. The van der Waals surface area contributed by atoms with Crippen molar-refractivity contribution in [1.82, 2.24) is 5.32 Å². The highest BCUT2D eigenvalue weighted by molar-refractivity contribution is 5.85. The van der Waals surface area contributed by atoms with Gasteiger partial charge in [-0.3, -0.25) is 0 Å². The van der Waals surface area contributed by atoms with Crippen molar-refractivity contribution in [1.29, 1.82) is 0 Å². The van der Waals surface area contributed by atoms with Gasteiger partial charge in [-0.15, -0.1) is 12.4 Å². The minimum atomic E-state index is -0.0786. The molecule has 17 heavy (non-hydrogen) atoms. The third kappa shape index (κ3) is 1.81. The van der Waals surface area contributed by atoms with Crippen molar-refractivity contribution in [3.63, 3.8) is 0 Å². The average Bonchev–Trinajstić information content (AvgIpc) is 2.64. The van der Waals surface area contributed by atoms with Crippen molar-refractivity contribution in [2.24, 2.45) is 0 Å². The van der Waals surface area contributed by atoms with Gasteiger partial charge in [-0.25, -0.2) is 4.39 Å². The van der Waals surface area contributed by atoms with Gasteiger partial charge in [0.25, 0.3) is 0 Å². The summed E-state index contributed by atoms with van der Waals surface area (Å²) in [5.41, 5.74) is 3.27. The Labute approximate surface area is 108 Å². The zero-order valence-electron chi connectivity index (χ0n) is 10.2. The number of rotatable bonds is 0. The molecule has 2 atom stereocenters. The molecule has 2 nitrogen and oxygen atoms in total. The lowest BCUT2D eigenvalue weighted by atomic mass is 10.1. The first-order valence-corrected chi connectivity index (χ1v) is 5.95. The van der Waals surface area contributed by atoms with Gasteiger partial charge in [0.15, 0.2) is 0 Å². The summed E-state index contributed by atoms with van der Waals surface area (Å²) in [5, 5.41) is 3.44. The summed E-state index contributed by atoms with van der Waals surface area (Å²) in [7, 11) is 0. The molecule has 0 saturated carbocycles. The second-order valence-electron chi connectivity index (χ2n) is 4.95. The first kappa shape index (κ1) is 12.7. The van der Waals surface area contributed by atoms with Gasteiger partial charge in [-0.05, 0) is 31.9 Å². The Morgan fingerprint density at radius 3 is 2.88 bits per heavy atom. The summed E-state index contributed by atoms with van der Waals surface area (Å²) < 4.78 is 13.6. The zero-order valence-corrected chi connectivity index (χ0v) is 11.0. The first-order valence-electron chi connectivity index (χ1n) is 5.95. The molecule has 1 aromatic carbocycles. The highest BCUT2D eigenvalue weighted by atomic mass is 35.5. The van der Waals surface area contributed by atoms with Gasteiger partial charge in [0.1, 0.15) is 5.82 Å². The summed E-state index contributed by atoms with van der Waals surface area (Å²) in [6.07, 6.45) is 1.05. The first-order chi connectivity index (χ1) is 7.68. The molecule has 1 fully saturated rings. The molecule has 94 valence electrons. The Bertz CT molecular complexity index is 436. The number of hydrogen-bond donors (Lipinski definition) is 1. The van der Waals surface area contributed by atoms with Gasteiger partial charge in [0, 0.05) is 36.4 Å². The predicted molar refractivity (Wildman–Crippen MR) is 70.7 cm³/mol. The maximum absolute atomic E-state index is 13.6. The van der Waals surface area contributed by atoms with Crippen molar-refractivity contribution >= 4 is 18.1 Å². The summed E-state index contributed by atoms with van der Waals surface area (Å²) >= 11 is 0. The van der Waals surface area contributed by atoms with Gasteiger partial charge < -0.3 is 10.2 Å². The Morgan fingerprint density at radius 2 is 2.12 bits per heavy atom. The van der Waals surface area contributed by atoms with E-state index in [1.54, 1.807) is 6.07 Å². The van der Waals surface area contributed by atoms with Crippen LogP contribution in [0.4, 0.5) is 10.1 Å². The van der Waals surface area contributed by atoms with E-state index in [1.807, 2.05) is 13.0 Å². The van der Waals surface area contributed by atoms with Crippen molar-refractivity contribution in [2.75, 3.05) is 18.0 Å². The molecule has 2 heterocycles. The molecule has 1 aromatic rings. The van der Waals surface area contributed by atoms with E-state index in [-0.39, 0.29) is 18.2 Å². The van der Waals surface area contributed by atoms with Gasteiger partial charge >= 0.3 is 0 Å². The largest absolute Gasteiger partial charge is 0.362 e. The molecule has 1 unspecified atom stereocenters. The Kier molecular flexibility index (Phi) is 3.32. The maximum Gasteiger partial charge on any atom is 0.128 e. The highest BCUT2D eigenvalue weighted by Crippen LogP contribution is 2.38. The van der Waals surface area contributed by atoms with Gasteiger partial charge in [-0.1, -0.05) is 6.07 Å². The van der Waals surface area contributed by atoms with E-state index < -0.39 is 0 Å². The predicted octanol–water partition coefficient (Wildman–Crippen LogP) is 2.28. The van der Waals surface area contributed by atoms with E-state index in [9.17, 15) is 4.39 Å². The molecule has 0 aromatic heterocycles. The fourth-order valence-corrected chi connectivity index (χ4v) is 3.10. The Balaban J connectivity index is 0.00000108.